The highest BCUT2D eigenvalue weighted by molar-refractivity contribution is 8.00. The number of benzene rings is 1. The lowest BCUT2D eigenvalue weighted by molar-refractivity contribution is -0.137. The van der Waals surface area contributed by atoms with Crippen LogP contribution in [0.2, 0.25) is 0 Å². The van der Waals surface area contributed by atoms with Gasteiger partial charge in [-0.15, -0.1) is 0 Å². The molecular formula is C16H13N3O3S. The number of hydrogen-bond donors (Lipinski definition) is 2. The van der Waals surface area contributed by atoms with Crippen LogP contribution in [0.1, 0.15) is 5.56 Å². The number of carbonyl (C=O) groups excluding carboxylic acids is 1. The summed E-state index contributed by atoms with van der Waals surface area (Å²) < 4.78 is 0. The largest absolute Gasteiger partial charge is 0.480 e. The van der Waals surface area contributed by atoms with Crippen molar-refractivity contribution < 1.29 is 14.7 Å². The van der Waals surface area contributed by atoms with E-state index in [0.717, 1.165) is 17.3 Å². The summed E-state index contributed by atoms with van der Waals surface area (Å²) in [6.45, 7) is -0.429. The van der Waals surface area contributed by atoms with Gasteiger partial charge in [0.25, 0.3) is 0 Å². The van der Waals surface area contributed by atoms with Gasteiger partial charge in [0.15, 0.2) is 0 Å². The van der Waals surface area contributed by atoms with Gasteiger partial charge in [-0.3, -0.25) is 9.59 Å². The van der Waals surface area contributed by atoms with E-state index < -0.39 is 18.4 Å². The predicted molar refractivity (Wildman–Crippen MR) is 85.8 cm³/mol. The smallest absolute Gasteiger partial charge is 0.322 e. The normalized spacial score (nSPS) is 9.87. The Balaban J connectivity index is 2.12. The maximum atomic E-state index is 11.6. The van der Waals surface area contributed by atoms with Gasteiger partial charge in [-0.2, -0.15) is 5.26 Å². The lowest BCUT2D eigenvalue weighted by Crippen LogP contribution is -2.30. The highest BCUT2D eigenvalue weighted by Gasteiger charge is 2.11. The molecule has 0 unspecified atom stereocenters. The Bertz CT molecular complexity index is 757. The summed E-state index contributed by atoms with van der Waals surface area (Å²) in [5.74, 6) is -1.54. The van der Waals surface area contributed by atoms with Crippen LogP contribution >= 0.6 is 11.8 Å². The molecule has 0 aliphatic rings. The number of amides is 1. The number of pyridine rings is 1. The summed E-state index contributed by atoms with van der Waals surface area (Å²) in [5.41, 5.74) is 1.99. The summed E-state index contributed by atoms with van der Waals surface area (Å²) >= 11 is 1.10. The maximum Gasteiger partial charge on any atom is 0.322 e. The molecule has 0 saturated carbocycles. The predicted octanol–water partition coefficient (Wildman–Crippen LogP) is 1.91. The maximum absolute atomic E-state index is 11.6. The number of rotatable bonds is 6. The number of hydrogen-bond acceptors (Lipinski definition) is 5. The van der Waals surface area contributed by atoms with Crippen molar-refractivity contribution in [2.24, 2.45) is 0 Å². The van der Waals surface area contributed by atoms with Gasteiger partial charge in [0, 0.05) is 5.56 Å². The van der Waals surface area contributed by atoms with E-state index >= 15 is 0 Å². The number of carboxylic acid groups (broad SMARTS) is 1. The zero-order valence-corrected chi connectivity index (χ0v) is 12.8. The number of aliphatic carboxylic acids is 1. The van der Waals surface area contributed by atoms with Gasteiger partial charge in [0.1, 0.15) is 17.6 Å². The topological polar surface area (TPSA) is 103 Å². The molecule has 0 spiro atoms. The molecule has 2 rings (SSSR count). The quantitative estimate of drug-likeness (QED) is 0.786. The van der Waals surface area contributed by atoms with Crippen molar-refractivity contribution in [2.45, 2.75) is 5.03 Å². The van der Waals surface area contributed by atoms with Crippen molar-refractivity contribution in [1.29, 1.82) is 5.26 Å². The molecule has 1 amide bonds. The number of nitriles is 1. The number of carboxylic acids is 1. The molecule has 0 radical (unpaired) electrons. The molecule has 6 nitrogen and oxygen atoms in total. The Morgan fingerprint density at radius 1 is 1.22 bits per heavy atom. The van der Waals surface area contributed by atoms with Gasteiger partial charge >= 0.3 is 5.97 Å². The fourth-order valence-electron chi connectivity index (χ4n) is 1.76. The molecule has 0 aliphatic heterocycles. The van der Waals surface area contributed by atoms with E-state index in [1.165, 1.54) is 0 Å². The molecule has 1 aromatic heterocycles. The van der Waals surface area contributed by atoms with Crippen molar-refractivity contribution in [1.82, 2.24) is 10.3 Å². The van der Waals surface area contributed by atoms with Crippen LogP contribution in [0.15, 0.2) is 47.5 Å². The number of aromatic nitrogens is 1. The third-order valence-electron chi connectivity index (χ3n) is 2.83. The Morgan fingerprint density at radius 3 is 2.61 bits per heavy atom. The van der Waals surface area contributed by atoms with Gasteiger partial charge in [-0.05, 0) is 12.1 Å². The third-order valence-corrected chi connectivity index (χ3v) is 3.82. The molecule has 0 saturated heterocycles. The van der Waals surface area contributed by atoms with Crippen LogP contribution in [0.3, 0.4) is 0 Å². The van der Waals surface area contributed by atoms with Crippen LogP contribution in [-0.2, 0) is 9.59 Å². The van der Waals surface area contributed by atoms with Gasteiger partial charge < -0.3 is 10.4 Å². The van der Waals surface area contributed by atoms with Crippen molar-refractivity contribution >= 4 is 23.6 Å². The van der Waals surface area contributed by atoms with Crippen LogP contribution in [0.25, 0.3) is 11.3 Å². The third kappa shape index (κ3) is 4.83. The fraction of sp³-hybridized carbons (Fsp3) is 0.125. The minimum absolute atomic E-state index is 0.00674. The average molecular weight is 327 g/mol. The summed E-state index contributed by atoms with van der Waals surface area (Å²) in [6.07, 6.45) is 0. The lowest BCUT2D eigenvalue weighted by Gasteiger charge is -2.07. The molecule has 0 bridgehead atoms. The zero-order valence-electron chi connectivity index (χ0n) is 12.0. The number of nitrogens with zero attached hydrogens (tertiary/aromatic N) is 2. The van der Waals surface area contributed by atoms with Gasteiger partial charge in [-0.25, -0.2) is 4.98 Å². The van der Waals surface area contributed by atoms with Crippen LogP contribution in [0.5, 0.6) is 0 Å². The van der Waals surface area contributed by atoms with E-state index in [1.807, 2.05) is 36.4 Å². The standard InChI is InChI=1S/C16H13N3O3S/c17-8-12-6-7-13(11-4-2-1-3-5-11)19-16(12)23-10-14(20)18-9-15(21)22/h1-7H,9-10H2,(H,18,20)(H,21,22). The van der Waals surface area contributed by atoms with Gasteiger partial charge in [0.2, 0.25) is 5.91 Å². The van der Waals surface area contributed by atoms with E-state index in [9.17, 15) is 9.59 Å². The van der Waals surface area contributed by atoms with Crippen LogP contribution in [-0.4, -0.2) is 34.3 Å². The summed E-state index contributed by atoms with van der Waals surface area (Å²) in [7, 11) is 0. The highest BCUT2D eigenvalue weighted by atomic mass is 32.2. The zero-order chi connectivity index (χ0) is 16.7. The highest BCUT2D eigenvalue weighted by Crippen LogP contribution is 2.25. The summed E-state index contributed by atoms with van der Waals surface area (Å²) in [4.78, 5) is 26.4. The Kier molecular flexibility index (Phi) is 5.72. The van der Waals surface area contributed by atoms with Gasteiger partial charge in [-0.1, -0.05) is 42.1 Å². The second-order valence-corrected chi connectivity index (χ2v) is 5.45. The van der Waals surface area contributed by atoms with E-state index in [2.05, 4.69) is 10.3 Å². The van der Waals surface area contributed by atoms with Gasteiger partial charge in [0.05, 0.1) is 17.0 Å². The Labute approximate surface area is 137 Å². The first-order valence-electron chi connectivity index (χ1n) is 6.68. The Morgan fingerprint density at radius 2 is 1.96 bits per heavy atom. The SMILES string of the molecule is N#Cc1ccc(-c2ccccc2)nc1SCC(=O)NCC(=O)O. The monoisotopic (exact) mass is 327 g/mol. The molecule has 23 heavy (non-hydrogen) atoms. The van der Waals surface area contributed by atoms with E-state index in [0.29, 0.717) is 16.3 Å². The molecule has 7 heteroatoms. The first kappa shape index (κ1) is 16.5. The van der Waals surface area contributed by atoms with E-state index in [1.54, 1.807) is 12.1 Å². The van der Waals surface area contributed by atoms with Crippen LogP contribution in [0, 0.1) is 11.3 Å². The number of carbonyl (C=O) groups is 2. The second-order valence-electron chi connectivity index (χ2n) is 4.49. The minimum Gasteiger partial charge on any atom is -0.480 e. The first-order chi connectivity index (χ1) is 11.1. The molecule has 0 fully saturated rings. The summed E-state index contributed by atoms with van der Waals surface area (Å²) in [5, 5.41) is 20.4. The van der Waals surface area contributed by atoms with Crippen molar-refractivity contribution in [3.05, 3.63) is 48.0 Å². The first-order valence-corrected chi connectivity index (χ1v) is 7.66. The van der Waals surface area contributed by atoms with Crippen LogP contribution in [0.4, 0.5) is 0 Å². The van der Waals surface area contributed by atoms with Crippen molar-refractivity contribution in [3.8, 4) is 17.3 Å². The molecule has 0 atom stereocenters. The molecule has 2 aromatic rings. The molecule has 0 aliphatic carbocycles. The lowest BCUT2D eigenvalue weighted by atomic mass is 10.1. The minimum atomic E-state index is -1.11. The van der Waals surface area contributed by atoms with Crippen molar-refractivity contribution in [2.75, 3.05) is 12.3 Å². The fourth-order valence-corrected chi connectivity index (χ4v) is 2.57. The summed E-state index contributed by atoms with van der Waals surface area (Å²) in [6, 6.07) is 14.9. The van der Waals surface area contributed by atoms with Crippen molar-refractivity contribution in [3.63, 3.8) is 0 Å². The van der Waals surface area contributed by atoms with E-state index in [-0.39, 0.29) is 5.75 Å². The molecule has 2 N–H and O–H groups in total. The van der Waals surface area contributed by atoms with E-state index in [4.69, 9.17) is 10.4 Å². The molecule has 116 valence electrons. The molecule has 1 heterocycles. The average Bonchev–Trinajstić information content (AvgIpc) is 2.58. The van der Waals surface area contributed by atoms with Crippen LogP contribution < -0.4 is 5.32 Å². The second kappa shape index (κ2) is 7.96. The molecule has 1 aromatic carbocycles. The number of thioether (sulfide) groups is 1. The molecular weight excluding hydrogens is 314 g/mol. The Hall–Kier alpha value is -2.85. The number of nitrogens with one attached hydrogen (secondary N) is 1.